The van der Waals surface area contributed by atoms with Gasteiger partial charge in [-0.25, -0.2) is 4.79 Å². The summed E-state index contributed by atoms with van der Waals surface area (Å²) in [6, 6.07) is 6.15. The average molecular weight is 425 g/mol. The van der Waals surface area contributed by atoms with E-state index in [4.69, 9.17) is 0 Å². The molecule has 3 fully saturated rings. The summed E-state index contributed by atoms with van der Waals surface area (Å²) in [5.41, 5.74) is 2.40. The summed E-state index contributed by atoms with van der Waals surface area (Å²) in [5, 5.41) is 11.4. The van der Waals surface area contributed by atoms with E-state index in [1.807, 2.05) is 11.7 Å². The Bertz CT molecular complexity index is 972. The fourth-order valence-corrected chi connectivity index (χ4v) is 5.35. The third-order valence-electron chi connectivity index (χ3n) is 7.20. The minimum absolute atomic E-state index is 0.227. The van der Waals surface area contributed by atoms with E-state index in [0.29, 0.717) is 24.7 Å². The van der Waals surface area contributed by atoms with Gasteiger partial charge in [0.25, 0.3) is 0 Å². The number of likely N-dealkylation sites (tertiary alicyclic amines) is 1. The van der Waals surface area contributed by atoms with Crippen LogP contribution in [0.25, 0.3) is 10.9 Å². The number of rotatable bonds is 4. The third-order valence-corrected chi connectivity index (χ3v) is 7.20. The summed E-state index contributed by atoms with van der Waals surface area (Å²) in [4.78, 5) is 28.0. The van der Waals surface area contributed by atoms with Gasteiger partial charge in [-0.3, -0.25) is 19.7 Å². The highest BCUT2D eigenvalue weighted by atomic mass is 16.2. The van der Waals surface area contributed by atoms with Crippen molar-refractivity contribution in [2.24, 2.45) is 13.0 Å². The maximum absolute atomic E-state index is 12.3. The second-order valence-corrected chi connectivity index (χ2v) is 9.25. The molecular weight excluding hydrogens is 392 g/mol. The van der Waals surface area contributed by atoms with Crippen LogP contribution in [0.3, 0.4) is 0 Å². The third kappa shape index (κ3) is 4.19. The van der Waals surface area contributed by atoms with Gasteiger partial charge in [0.15, 0.2) is 5.82 Å². The number of nitrogens with one attached hydrogen (secondary N) is 2. The highest BCUT2D eigenvalue weighted by Gasteiger charge is 2.29. The molecule has 3 saturated heterocycles. The van der Waals surface area contributed by atoms with Crippen LogP contribution in [0.1, 0.15) is 43.6 Å². The number of aromatic nitrogens is 2. The first kappa shape index (κ1) is 20.5. The number of hydrogen-bond acceptors (Lipinski definition) is 5. The molecule has 166 valence electrons. The number of fused-ring (bicyclic) bond motifs is 1. The first-order valence-corrected chi connectivity index (χ1v) is 11.6. The molecule has 3 aliphatic heterocycles. The van der Waals surface area contributed by atoms with Gasteiger partial charge in [-0.15, -0.1) is 0 Å². The molecule has 2 aromatic rings. The molecule has 8 heteroatoms. The standard InChI is InChI=1S/C23H32N6O2/c1-27-20-14-18(17-6-11-28(12-7-17)15-16-4-9-24-10-5-16)2-3-19(20)22(26-27)29-13-8-21(30)25-23(29)31/h2-3,14,16-17,24H,4-13,15H2,1H3,(H,25,30,31). The van der Waals surface area contributed by atoms with Gasteiger partial charge >= 0.3 is 6.03 Å². The number of piperidine rings is 2. The van der Waals surface area contributed by atoms with Crippen molar-refractivity contribution in [2.45, 2.75) is 38.0 Å². The Morgan fingerprint density at radius 3 is 2.58 bits per heavy atom. The molecular formula is C23H32N6O2. The second kappa shape index (κ2) is 8.59. The van der Waals surface area contributed by atoms with Crippen LogP contribution in [-0.4, -0.2) is 65.9 Å². The predicted molar refractivity (Wildman–Crippen MR) is 120 cm³/mol. The molecule has 3 aliphatic rings. The van der Waals surface area contributed by atoms with Gasteiger partial charge in [-0.05, 0) is 81.4 Å². The molecule has 3 amide bonds. The molecule has 0 spiro atoms. The van der Waals surface area contributed by atoms with Crippen molar-refractivity contribution in [3.63, 3.8) is 0 Å². The van der Waals surface area contributed by atoms with Crippen LogP contribution in [0.15, 0.2) is 18.2 Å². The van der Waals surface area contributed by atoms with Crippen molar-refractivity contribution in [1.29, 1.82) is 0 Å². The summed E-state index contributed by atoms with van der Waals surface area (Å²) in [5.74, 6) is 1.83. The van der Waals surface area contributed by atoms with Crippen LogP contribution >= 0.6 is 0 Å². The Morgan fingerprint density at radius 2 is 1.84 bits per heavy atom. The largest absolute Gasteiger partial charge is 0.329 e. The molecule has 0 unspecified atom stereocenters. The Balaban J connectivity index is 1.28. The van der Waals surface area contributed by atoms with Crippen LogP contribution in [0.2, 0.25) is 0 Å². The highest BCUT2D eigenvalue weighted by Crippen LogP contribution is 2.34. The molecule has 0 radical (unpaired) electrons. The van der Waals surface area contributed by atoms with Gasteiger partial charge in [-0.2, -0.15) is 5.10 Å². The first-order valence-electron chi connectivity index (χ1n) is 11.6. The molecule has 31 heavy (non-hydrogen) atoms. The second-order valence-electron chi connectivity index (χ2n) is 9.25. The minimum Gasteiger partial charge on any atom is -0.317 e. The average Bonchev–Trinajstić information content (AvgIpc) is 3.11. The molecule has 0 saturated carbocycles. The molecule has 1 aromatic carbocycles. The van der Waals surface area contributed by atoms with Crippen LogP contribution in [0, 0.1) is 5.92 Å². The Kier molecular flexibility index (Phi) is 5.67. The molecule has 0 atom stereocenters. The van der Waals surface area contributed by atoms with Gasteiger partial charge in [0.05, 0.1) is 5.52 Å². The highest BCUT2D eigenvalue weighted by molar-refractivity contribution is 6.08. The number of amides is 3. The predicted octanol–water partition coefficient (Wildman–Crippen LogP) is 2.20. The van der Waals surface area contributed by atoms with E-state index in [0.717, 1.165) is 16.8 Å². The fourth-order valence-electron chi connectivity index (χ4n) is 5.35. The molecule has 4 heterocycles. The molecule has 1 aromatic heterocycles. The maximum Gasteiger partial charge on any atom is 0.329 e. The molecule has 0 bridgehead atoms. The number of urea groups is 1. The minimum atomic E-state index is -0.388. The lowest BCUT2D eigenvalue weighted by molar-refractivity contribution is -0.120. The Labute approximate surface area is 182 Å². The summed E-state index contributed by atoms with van der Waals surface area (Å²) in [6.07, 6.45) is 5.30. The Morgan fingerprint density at radius 1 is 1.06 bits per heavy atom. The van der Waals surface area contributed by atoms with Crippen molar-refractivity contribution in [3.05, 3.63) is 23.8 Å². The van der Waals surface area contributed by atoms with E-state index in [2.05, 4.69) is 38.8 Å². The Hall–Kier alpha value is -2.45. The van der Waals surface area contributed by atoms with Crippen molar-refractivity contribution < 1.29 is 9.59 Å². The zero-order chi connectivity index (χ0) is 21.4. The smallest absolute Gasteiger partial charge is 0.317 e. The van der Waals surface area contributed by atoms with Crippen LogP contribution in [0.4, 0.5) is 10.6 Å². The number of aryl methyl sites for hydroxylation is 1. The van der Waals surface area contributed by atoms with E-state index < -0.39 is 0 Å². The number of nitrogens with zero attached hydrogens (tertiary/aromatic N) is 4. The number of hydrogen-bond donors (Lipinski definition) is 2. The summed E-state index contributed by atoms with van der Waals surface area (Å²) in [7, 11) is 1.92. The SMILES string of the molecule is Cn1nc(N2CCC(=O)NC2=O)c2ccc(C3CCN(CC4CCNCC4)CC3)cc21. The van der Waals surface area contributed by atoms with Gasteiger partial charge in [0, 0.05) is 31.9 Å². The zero-order valence-corrected chi connectivity index (χ0v) is 18.3. The van der Waals surface area contributed by atoms with Gasteiger partial charge < -0.3 is 10.2 Å². The van der Waals surface area contributed by atoms with E-state index >= 15 is 0 Å². The number of carbonyl (C=O) groups excluding carboxylic acids is 2. The lowest BCUT2D eigenvalue weighted by Crippen LogP contribution is -2.49. The number of carbonyl (C=O) groups is 2. The number of benzene rings is 1. The van der Waals surface area contributed by atoms with E-state index in [1.54, 1.807) is 4.90 Å². The zero-order valence-electron chi connectivity index (χ0n) is 18.3. The van der Waals surface area contributed by atoms with Gasteiger partial charge in [0.2, 0.25) is 5.91 Å². The lowest BCUT2D eigenvalue weighted by atomic mass is 9.88. The molecule has 0 aliphatic carbocycles. The van der Waals surface area contributed by atoms with E-state index in [9.17, 15) is 9.59 Å². The first-order chi connectivity index (χ1) is 15.1. The molecule has 5 rings (SSSR count). The number of imide groups is 1. The van der Waals surface area contributed by atoms with Crippen molar-refractivity contribution >= 4 is 28.7 Å². The van der Waals surface area contributed by atoms with Crippen LogP contribution in [0.5, 0.6) is 0 Å². The monoisotopic (exact) mass is 424 g/mol. The van der Waals surface area contributed by atoms with E-state index in [-0.39, 0.29) is 11.9 Å². The van der Waals surface area contributed by atoms with Gasteiger partial charge in [-0.1, -0.05) is 6.07 Å². The van der Waals surface area contributed by atoms with Crippen molar-refractivity contribution in [3.8, 4) is 0 Å². The van der Waals surface area contributed by atoms with Crippen molar-refractivity contribution in [1.82, 2.24) is 25.3 Å². The topological polar surface area (TPSA) is 82.5 Å². The number of anilines is 1. The summed E-state index contributed by atoms with van der Waals surface area (Å²) >= 11 is 0. The van der Waals surface area contributed by atoms with Crippen LogP contribution < -0.4 is 15.5 Å². The normalized spacial score (nSPS) is 22.3. The van der Waals surface area contributed by atoms with Gasteiger partial charge in [0.1, 0.15) is 0 Å². The quantitative estimate of drug-likeness (QED) is 0.786. The summed E-state index contributed by atoms with van der Waals surface area (Å²) < 4.78 is 1.85. The molecule has 2 N–H and O–H groups in total. The van der Waals surface area contributed by atoms with E-state index in [1.165, 1.54) is 64.0 Å². The maximum atomic E-state index is 12.3. The fraction of sp³-hybridized carbons (Fsp3) is 0.609. The van der Waals surface area contributed by atoms with Crippen molar-refractivity contribution in [2.75, 3.05) is 44.2 Å². The molecule has 8 nitrogen and oxygen atoms in total. The van der Waals surface area contributed by atoms with Crippen LogP contribution in [-0.2, 0) is 11.8 Å². The summed E-state index contributed by atoms with van der Waals surface area (Å²) in [6.45, 7) is 6.30. The lowest BCUT2D eigenvalue weighted by Gasteiger charge is -2.35.